The highest BCUT2D eigenvalue weighted by atomic mass is 32.2. The van der Waals surface area contributed by atoms with Crippen molar-refractivity contribution in [3.8, 4) is 0 Å². The first-order chi connectivity index (χ1) is 4.33. The van der Waals surface area contributed by atoms with Gasteiger partial charge < -0.3 is 0 Å². The van der Waals surface area contributed by atoms with Crippen LogP contribution >= 0.6 is 11.8 Å². The second kappa shape index (κ2) is 2.82. The van der Waals surface area contributed by atoms with Crippen LogP contribution in [0.1, 0.15) is 0 Å². The summed E-state index contributed by atoms with van der Waals surface area (Å²) in [5, 5.41) is 0.844. The van der Waals surface area contributed by atoms with Crippen molar-refractivity contribution in [3.63, 3.8) is 0 Å². The fraction of sp³-hybridized carbons (Fsp3) is 0.167. The normalized spacial score (nSPS) is 9.56. The van der Waals surface area contributed by atoms with Gasteiger partial charge in [0, 0.05) is 0 Å². The lowest BCUT2D eigenvalue weighted by molar-refractivity contribution is 0.618. The van der Waals surface area contributed by atoms with Crippen molar-refractivity contribution in [2.24, 2.45) is 0 Å². The van der Waals surface area contributed by atoms with Gasteiger partial charge in [-0.15, -0.1) is 11.8 Å². The molecular weight excluding hydrogens is 137 g/mol. The van der Waals surface area contributed by atoms with Crippen LogP contribution in [0.3, 0.4) is 0 Å². The van der Waals surface area contributed by atoms with Crippen molar-refractivity contribution in [2.45, 2.75) is 5.03 Å². The number of halogens is 1. The minimum absolute atomic E-state index is 0.284. The third-order valence-electron chi connectivity index (χ3n) is 0.909. The van der Waals surface area contributed by atoms with Gasteiger partial charge in [-0.05, 0) is 18.4 Å². The van der Waals surface area contributed by atoms with E-state index >= 15 is 0 Å². The molecule has 48 valence electrons. The van der Waals surface area contributed by atoms with Gasteiger partial charge in [-0.25, -0.2) is 9.37 Å². The molecule has 0 bridgehead atoms. The zero-order valence-electron chi connectivity index (χ0n) is 4.97. The van der Waals surface area contributed by atoms with E-state index in [1.165, 1.54) is 24.0 Å². The van der Waals surface area contributed by atoms with Gasteiger partial charge in [-0.3, -0.25) is 0 Å². The number of hydrogen-bond acceptors (Lipinski definition) is 2. The summed E-state index contributed by atoms with van der Waals surface area (Å²) in [7, 11) is 0. The van der Waals surface area contributed by atoms with Crippen molar-refractivity contribution < 1.29 is 4.39 Å². The fourth-order valence-corrected chi connectivity index (χ4v) is 0.845. The first-order valence-corrected chi connectivity index (χ1v) is 3.71. The van der Waals surface area contributed by atoms with Crippen LogP contribution in [0, 0.1) is 5.82 Å². The van der Waals surface area contributed by atoms with E-state index in [1.807, 2.05) is 6.26 Å². The Morgan fingerprint density at radius 1 is 1.56 bits per heavy atom. The van der Waals surface area contributed by atoms with E-state index < -0.39 is 0 Å². The van der Waals surface area contributed by atoms with Crippen LogP contribution in [0.2, 0.25) is 0 Å². The third kappa shape index (κ3) is 1.68. The quantitative estimate of drug-likeness (QED) is 0.557. The molecule has 0 aromatic carbocycles. The van der Waals surface area contributed by atoms with Crippen molar-refractivity contribution >= 4 is 11.8 Å². The van der Waals surface area contributed by atoms with Gasteiger partial charge in [0.25, 0.3) is 0 Å². The standard InChI is InChI=1S/C6H6FNS/c1-9-6-3-2-5(7)4-8-6/h2-4H,1H3. The van der Waals surface area contributed by atoms with Crippen LogP contribution in [0.5, 0.6) is 0 Å². The van der Waals surface area contributed by atoms with Crippen LogP contribution in [-0.2, 0) is 0 Å². The smallest absolute Gasteiger partial charge is 0.141 e. The Kier molecular flexibility index (Phi) is 2.05. The summed E-state index contributed by atoms with van der Waals surface area (Å²) in [5.74, 6) is -0.284. The zero-order chi connectivity index (χ0) is 6.69. The first-order valence-electron chi connectivity index (χ1n) is 2.48. The maximum atomic E-state index is 12.2. The maximum absolute atomic E-state index is 12.2. The van der Waals surface area contributed by atoms with E-state index in [2.05, 4.69) is 4.98 Å². The Balaban J connectivity index is 2.88. The Hall–Kier alpha value is -0.570. The van der Waals surface area contributed by atoms with E-state index in [4.69, 9.17) is 0 Å². The van der Waals surface area contributed by atoms with Crippen LogP contribution in [0.4, 0.5) is 4.39 Å². The molecule has 0 radical (unpaired) electrons. The molecule has 0 unspecified atom stereocenters. The molecule has 0 saturated carbocycles. The van der Waals surface area contributed by atoms with Gasteiger partial charge in [0.2, 0.25) is 0 Å². The Morgan fingerprint density at radius 2 is 2.33 bits per heavy atom. The van der Waals surface area contributed by atoms with E-state index in [1.54, 1.807) is 6.07 Å². The average molecular weight is 143 g/mol. The SMILES string of the molecule is CSc1ccc(F)cn1. The van der Waals surface area contributed by atoms with Crippen LogP contribution < -0.4 is 0 Å². The van der Waals surface area contributed by atoms with Gasteiger partial charge in [-0.1, -0.05) is 0 Å². The van der Waals surface area contributed by atoms with Crippen LogP contribution in [0.15, 0.2) is 23.4 Å². The molecule has 3 heteroatoms. The van der Waals surface area contributed by atoms with E-state index in [9.17, 15) is 4.39 Å². The topological polar surface area (TPSA) is 12.9 Å². The molecule has 0 N–H and O–H groups in total. The molecule has 0 atom stereocenters. The molecule has 0 fully saturated rings. The number of pyridine rings is 1. The molecule has 1 rings (SSSR count). The van der Waals surface area contributed by atoms with Crippen LogP contribution in [0.25, 0.3) is 0 Å². The highest BCUT2D eigenvalue weighted by molar-refractivity contribution is 7.98. The third-order valence-corrected chi connectivity index (χ3v) is 1.57. The van der Waals surface area contributed by atoms with Crippen molar-refractivity contribution in [2.75, 3.05) is 6.26 Å². The molecule has 0 aliphatic rings. The lowest BCUT2D eigenvalue weighted by atomic mass is 10.5. The number of rotatable bonds is 1. The van der Waals surface area contributed by atoms with E-state index in [0.29, 0.717) is 0 Å². The second-order valence-corrected chi connectivity index (χ2v) is 2.35. The summed E-state index contributed by atoms with van der Waals surface area (Å²) in [6, 6.07) is 3.05. The Bertz CT molecular complexity index is 185. The van der Waals surface area contributed by atoms with Crippen molar-refractivity contribution in [1.82, 2.24) is 4.98 Å². The summed E-state index contributed by atoms with van der Waals surface area (Å²) < 4.78 is 12.2. The molecule has 0 amide bonds. The molecule has 1 nitrogen and oxygen atoms in total. The second-order valence-electron chi connectivity index (χ2n) is 1.52. The Labute approximate surface area is 57.3 Å². The number of thioether (sulfide) groups is 1. The summed E-state index contributed by atoms with van der Waals surface area (Å²) in [4.78, 5) is 3.78. The summed E-state index contributed by atoms with van der Waals surface area (Å²) >= 11 is 1.50. The van der Waals surface area contributed by atoms with Gasteiger partial charge in [-0.2, -0.15) is 0 Å². The lowest BCUT2D eigenvalue weighted by Crippen LogP contribution is -1.78. The molecule has 1 aromatic rings. The predicted molar refractivity (Wildman–Crippen MR) is 36.0 cm³/mol. The monoisotopic (exact) mass is 143 g/mol. The molecule has 9 heavy (non-hydrogen) atoms. The molecule has 1 aromatic heterocycles. The lowest BCUT2D eigenvalue weighted by Gasteiger charge is -1.90. The van der Waals surface area contributed by atoms with Gasteiger partial charge >= 0.3 is 0 Å². The van der Waals surface area contributed by atoms with Crippen LogP contribution in [-0.4, -0.2) is 11.2 Å². The van der Waals surface area contributed by atoms with Crippen molar-refractivity contribution in [1.29, 1.82) is 0 Å². The van der Waals surface area contributed by atoms with E-state index in [-0.39, 0.29) is 5.82 Å². The predicted octanol–water partition coefficient (Wildman–Crippen LogP) is 1.94. The summed E-state index contributed by atoms with van der Waals surface area (Å²) in [6.07, 6.45) is 3.12. The zero-order valence-corrected chi connectivity index (χ0v) is 5.78. The largest absolute Gasteiger partial charge is 0.247 e. The Morgan fingerprint density at radius 3 is 2.78 bits per heavy atom. The molecule has 0 saturated heterocycles. The van der Waals surface area contributed by atoms with Crippen molar-refractivity contribution in [3.05, 3.63) is 24.1 Å². The molecule has 0 aliphatic heterocycles. The molecule has 0 aliphatic carbocycles. The molecule has 0 spiro atoms. The fourth-order valence-electron chi connectivity index (χ4n) is 0.483. The number of hydrogen-bond donors (Lipinski definition) is 0. The minimum Gasteiger partial charge on any atom is -0.247 e. The summed E-state index contributed by atoms with van der Waals surface area (Å²) in [5.41, 5.74) is 0. The maximum Gasteiger partial charge on any atom is 0.141 e. The van der Waals surface area contributed by atoms with Gasteiger partial charge in [0.05, 0.1) is 11.2 Å². The minimum atomic E-state index is -0.284. The number of aromatic nitrogens is 1. The number of nitrogens with zero attached hydrogens (tertiary/aromatic N) is 1. The first kappa shape index (κ1) is 6.55. The highest BCUT2D eigenvalue weighted by Crippen LogP contribution is 2.09. The molecule has 1 heterocycles. The molecular formula is C6H6FNS. The van der Waals surface area contributed by atoms with Gasteiger partial charge in [0.1, 0.15) is 5.82 Å². The highest BCUT2D eigenvalue weighted by Gasteiger charge is 1.89. The van der Waals surface area contributed by atoms with Gasteiger partial charge in [0.15, 0.2) is 0 Å². The average Bonchev–Trinajstić information content (AvgIpc) is 1.90. The summed E-state index contributed by atoms with van der Waals surface area (Å²) in [6.45, 7) is 0. The van der Waals surface area contributed by atoms with E-state index in [0.717, 1.165) is 5.03 Å².